The number of nitrogens with one attached hydrogen (secondary N) is 1. The van der Waals surface area contributed by atoms with Gasteiger partial charge in [-0.3, -0.25) is 4.79 Å². The van der Waals surface area contributed by atoms with Crippen LogP contribution < -0.4 is 15.8 Å². The van der Waals surface area contributed by atoms with Crippen LogP contribution in [-0.2, 0) is 16.0 Å². The van der Waals surface area contributed by atoms with Crippen molar-refractivity contribution in [1.82, 2.24) is 5.32 Å². The van der Waals surface area contributed by atoms with Gasteiger partial charge in [-0.2, -0.15) is 0 Å². The fourth-order valence-corrected chi connectivity index (χ4v) is 2.93. The van der Waals surface area contributed by atoms with Crippen LogP contribution in [0.4, 0.5) is 0 Å². The van der Waals surface area contributed by atoms with Gasteiger partial charge < -0.3 is 20.9 Å². The molecule has 1 amide bonds. The second kappa shape index (κ2) is 17.1. The third kappa shape index (κ3) is 13.1. The van der Waals surface area contributed by atoms with E-state index in [1.54, 1.807) is 0 Å². The van der Waals surface area contributed by atoms with Crippen molar-refractivity contribution in [2.75, 3.05) is 13.2 Å². The Hall–Kier alpha value is -1.79. The second-order valence-electron chi connectivity index (χ2n) is 7.17. The quantitative estimate of drug-likeness (QED) is 0.344. The summed E-state index contributed by atoms with van der Waals surface area (Å²) in [5.74, 6) is -0.438. The molecule has 6 nitrogen and oxygen atoms in total. The smallest absolute Gasteiger partial charge is 0.326 e. The molecule has 0 saturated heterocycles. The van der Waals surface area contributed by atoms with E-state index in [0.717, 1.165) is 69.2 Å². The first-order valence-corrected chi connectivity index (χ1v) is 10.5. The number of unbranched alkanes of at least 4 members (excludes halogenated alkanes) is 6. The number of carboxylic acids is 1. The monoisotopic (exact) mass is 428 g/mol. The highest BCUT2D eigenvalue weighted by Gasteiger charge is 2.20. The highest BCUT2D eigenvalue weighted by molar-refractivity contribution is 5.85. The zero-order chi connectivity index (χ0) is 20.6. The van der Waals surface area contributed by atoms with Gasteiger partial charge in [-0.05, 0) is 43.5 Å². The van der Waals surface area contributed by atoms with Crippen molar-refractivity contribution in [2.24, 2.45) is 5.73 Å². The van der Waals surface area contributed by atoms with Crippen molar-refractivity contribution in [3.05, 3.63) is 29.8 Å². The van der Waals surface area contributed by atoms with Crippen LogP contribution in [0, 0.1) is 0 Å². The SMILES string of the molecule is CCCCCCC(=O)NC(Cc1ccc(OCCCCCCN)cc1)C(=O)O.Cl. The highest BCUT2D eigenvalue weighted by Crippen LogP contribution is 2.15. The molecule has 0 aliphatic rings. The summed E-state index contributed by atoms with van der Waals surface area (Å²) in [6.45, 7) is 3.51. The van der Waals surface area contributed by atoms with Crippen LogP contribution in [-0.4, -0.2) is 36.2 Å². The standard InChI is InChI=1S/C22H36N2O4.ClH/c1-2-3-4-7-10-21(25)24-20(22(26)27)17-18-11-13-19(14-12-18)28-16-9-6-5-8-15-23;/h11-14,20H,2-10,15-17,23H2,1H3,(H,24,25)(H,26,27);1H. The zero-order valence-corrected chi connectivity index (χ0v) is 18.3. The van der Waals surface area contributed by atoms with E-state index >= 15 is 0 Å². The maximum absolute atomic E-state index is 12.0. The van der Waals surface area contributed by atoms with Crippen LogP contribution in [0.15, 0.2) is 24.3 Å². The largest absolute Gasteiger partial charge is 0.494 e. The number of amides is 1. The second-order valence-corrected chi connectivity index (χ2v) is 7.17. The highest BCUT2D eigenvalue weighted by atomic mass is 35.5. The Bertz CT molecular complexity index is 566. The Labute approximate surface area is 181 Å². The number of ether oxygens (including phenoxy) is 1. The lowest BCUT2D eigenvalue weighted by molar-refractivity contribution is -0.141. The van der Waals surface area contributed by atoms with Gasteiger partial charge in [-0.15, -0.1) is 12.4 Å². The number of hydrogen-bond donors (Lipinski definition) is 3. The molecular weight excluding hydrogens is 392 g/mol. The Morgan fingerprint density at radius 1 is 1.03 bits per heavy atom. The minimum Gasteiger partial charge on any atom is -0.494 e. The van der Waals surface area contributed by atoms with Gasteiger partial charge in [0.15, 0.2) is 0 Å². The van der Waals surface area contributed by atoms with Gasteiger partial charge in [0.25, 0.3) is 0 Å². The summed E-state index contributed by atoms with van der Waals surface area (Å²) in [6.07, 6.45) is 8.90. The number of nitrogens with two attached hydrogens (primary N) is 1. The molecule has 1 rings (SSSR count). The van der Waals surface area contributed by atoms with E-state index in [9.17, 15) is 14.7 Å². The van der Waals surface area contributed by atoms with Gasteiger partial charge in [0.2, 0.25) is 5.91 Å². The topological polar surface area (TPSA) is 102 Å². The Balaban J connectivity index is 0.00000784. The molecule has 1 aromatic rings. The first kappa shape index (κ1) is 27.2. The van der Waals surface area contributed by atoms with Crippen LogP contribution in [0.5, 0.6) is 5.75 Å². The van der Waals surface area contributed by atoms with E-state index in [1.807, 2.05) is 24.3 Å². The predicted molar refractivity (Wildman–Crippen MR) is 119 cm³/mol. The van der Waals surface area contributed by atoms with Gasteiger partial charge in [0.05, 0.1) is 6.61 Å². The molecule has 0 saturated carbocycles. The summed E-state index contributed by atoms with van der Waals surface area (Å²) < 4.78 is 5.71. The van der Waals surface area contributed by atoms with E-state index in [4.69, 9.17) is 10.5 Å². The van der Waals surface area contributed by atoms with Crippen molar-refractivity contribution < 1.29 is 19.4 Å². The summed E-state index contributed by atoms with van der Waals surface area (Å²) in [7, 11) is 0. The molecule has 29 heavy (non-hydrogen) atoms. The van der Waals surface area contributed by atoms with Crippen molar-refractivity contribution in [3.63, 3.8) is 0 Å². The number of aliphatic carboxylic acids is 1. The van der Waals surface area contributed by atoms with E-state index in [-0.39, 0.29) is 24.7 Å². The minimum absolute atomic E-state index is 0. The molecule has 1 unspecified atom stereocenters. The maximum Gasteiger partial charge on any atom is 0.326 e. The molecule has 7 heteroatoms. The van der Waals surface area contributed by atoms with E-state index in [0.29, 0.717) is 13.0 Å². The van der Waals surface area contributed by atoms with E-state index in [2.05, 4.69) is 12.2 Å². The van der Waals surface area contributed by atoms with E-state index < -0.39 is 12.0 Å². The Morgan fingerprint density at radius 3 is 2.31 bits per heavy atom. The molecule has 0 heterocycles. The summed E-state index contributed by atoms with van der Waals surface area (Å²) >= 11 is 0. The summed E-state index contributed by atoms with van der Waals surface area (Å²) in [5.41, 5.74) is 6.32. The van der Waals surface area contributed by atoms with Crippen LogP contribution >= 0.6 is 12.4 Å². The summed E-state index contributed by atoms with van der Waals surface area (Å²) in [6, 6.07) is 6.50. The molecule has 0 fully saturated rings. The van der Waals surface area contributed by atoms with Gasteiger partial charge in [-0.1, -0.05) is 51.2 Å². The van der Waals surface area contributed by atoms with Crippen molar-refractivity contribution >= 4 is 24.3 Å². The summed E-state index contributed by atoms with van der Waals surface area (Å²) in [4.78, 5) is 23.5. The fourth-order valence-electron chi connectivity index (χ4n) is 2.93. The fraction of sp³-hybridized carbons (Fsp3) is 0.636. The average molecular weight is 429 g/mol. The van der Waals surface area contributed by atoms with E-state index in [1.165, 1.54) is 0 Å². The number of benzene rings is 1. The van der Waals surface area contributed by atoms with Crippen molar-refractivity contribution in [3.8, 4) is 5.75 Å². The maximum atomic E-state index is 12.0. The first-order chi connectivity index (χ1) is 13.6. The normalized spacial score (nSPS) is 11.4. The zero-order valence-electron chi connectivity index (χ0n) is 17.5. The molecule has 0 aliphatic carbocycles. The molecule has 0 aliphatic heterocycles. The predicted octanol–water partition coefficient (Wildman–Crippen LogP) is 4.09. The van der Waals surface area contributed by atoms with Crippen LogP contribution in [0.25, 0.3) is 0 Å². The lowest BCUT2D eigenvalue weighted by Crippen LogP contribution is -2.42. The summed E-state index contributed by atoms with van der Waals surface area (Å²) in [5, 5.41) is 12.0. The number of carbonyl (C=O) groups is 2. The molecule has 0 aromatic heterocycles. The number of carboxylic acid groups (broad SMARTS) is 1. The van der Waals surface area contributed by atoms with Crippen LogP contribution in [0.3, 0.4) is 0 Å². The minimum atomic E-state index is -1.01. The number of halogens is 1. The van der Waals surface area contributed by atoms with Crippen LogP contribution in [0.2, 0.25) is 0 Å². The number of hydrogen-bond acceptors (Lipinski definition) is 4. The number of rotatable bonds is 16. The molecule has 0 radical (unpaired) electrons. The molecule has 1 atom stereocenters. The Morgan fingerprint density at radius 2 is 1.69 bits per heavy atom. The van der Waals surface area contributed by atoms with Crippen LogP contribution in [0.1, 0.15) is 70.3 Å². The molecule has 0 spiro atoms. The van der Waals surface area contributed by atoms with Crippen molar-refractivity contribution in [2.45, 2.75) is 77.2 Å². The third-order valence-corrected chi connectivity index (χ3v) is 4.62. The molecule has 166 valence electrons. The lowest BCUT2D eigenvalue weighted by Gasteiger charge is -2.15. The molecular formula is C22H37ClN2O4. The van der Waals surface area contributed by atoms with Gasteiger partial charge in [0.1, 0.15) is 11.8 Å². The molecule has 4 N–H and O–H groups in total. The van der Waals surface area contributed by atoms with Crippen molar-refractivity contribution in [1.29, 1.82) is 0 Å². The van der Waals surface area contributed by atoms with Gasteiger partial charge in [-0.25, -0.2) is 4.79 Å². The average Bonchev–Trinajstić information content (AvgIpc) is 2.68. The first-order valence-electron chi connectivity index (χ1n) is 10.5. The third-order valence-electron chi connectivity index (χ3n) is 4.62. The number of carbonyl (C=O) groups excluding carboxylic acids is 1. The Kier molecular flexibility index (Phi) is 16.0. The lowest BCUT2D eigenvalue weighted by atomic mass is 10.1. The van der Waals surface area contributed by atoms with Gasteiger partial charge >= 0.3 is 5.97 Å². The molecule has 1 aromatic carbocycles. The van der Waals surface area contributed by atoms with Gasteiger partial charge in [0, 0.05) is 12.8 Å². The molecule has 0 bridgehead atoms.